The summed E-state index contributed by atoms with van der Waals surface area (Å²) in [5, 5.41) is 5.91. The molecule has 0 radical (unpaired) electrons. The number of carbonyl (C=O) groups excluding carboxylic acids is 2. The molecule has 4 N–H and O–H groups in total. The van der Waals surface area contributed by atoms with E-state index < -0.39 is 33.8 Å². The van der Waals surface area contributed by atoms with Crippen molar-refractivity contribution in [2.24, 2.45) is 5.92 Å². The summed E-state index contributed by atoms with van der Waals surface area (Å²) in [6.45, 7) is 0. The van der Waals surface area contributed by atoms with Gasteiger partial charge < -0.3 is 16.4 Å². The van der Waals surface area contributed by atoms with Crippen molar-refractivity contribution < 1.29 is 14.0 Å². The standard InChI is InChI=1S/C23H14Cl6FN3O2/c24-15-2-1-12(8-14(15)21(34)33-13-6-10(30)5-11(31)7-13)32-22(35)19-18(23(19,28)29)9-3-16(25)20(27)17(26)4-9/h1-8,18-19H,31H2,(H,32,35)(H,33,34)/t18-,19+/m0/s1. The molecule has 0 unspecified atom stereocenters. The topological polar surface area (TPSA) is 84.2 Å². The molecule has 2 amide bonds. The third-order valence-electron chi connectivity index (χ3n) is 5.36. The third-order valence-corrected chi connectivity index (χ3v) is 7.82. The molecule has 35 heavy (non-hydrogen) atoms. The zero-order chi connectivity index (χ0) is 25.7. The van der Waals surface area contributed by atoms with Gasteiger partial charge >= 0.3 is 0 Å². The normalized spacial score (nSPS) is 18.1. The van der Waals surface area contributed by atoms with Gasteiger partial charge in [-0.25, -0.2) is 4.39 Å². The summed E-state index contributed by atoms with van der Waals surface area (Å²) < 4.78 is 12.2. The molecule has 1 aliphatic carbocycles. The average molecular weight is 596 g/mol. The van der Waals surface area contributed by atoms with E-state index in [-0.39, 0.29) is 42.7 Å². The van der Waals surface area contributed by atoms with Gasteiger partial charge in [-0.05, 0) is 54.1 Å². The highest BCUT2D eigenvalue weighted by atomic mass is 35.5. The Morgan fingerprint density at radius 1 is 0.857 bits per heavy atom. The molecule has 0 aliphatic heterocycles. The molecular weight excluding hydrogens is 582 g/mol. The monoisotopic (exact) mass is 593 g/mol. The van der Waals surface area contributed by atoms with Gasteiger partial charge in [-0.1, -0.05) is 46.4 Å². The Morgan fingerprint density at radius 2 is 1.51 bits per heavy atom. The van der Waals surface area contributed by atoms with Crippen molar-refractivity contribution in [3.05, 3.63) is 85.6 Å². The van der Waals surface area contributed by atoms with Crippen LogP contribution in [0.5, 0.6) is 0 Å². The Bertz CT molecular complexity index is 1320. The van der Waals surface area contributed by atoms with Crippen LogP contribution in [0.1, 0.15) is 21.8 Å². The highest BCUT2D eigenvalue weighted by molar-refractivity contribution is 6.54. The first-order chi connectivity index (χ1) is 16.4. The molecule has 4 rings (SSSR count). The fourth-order valence-electron chi connectivity index (χ4n) is 3.70. The van der Waals surface area contributed by atoms with E-state index in [4.69, 9.17) is 75.3 Å². The van der Waals surface area contributed by atoms with Crippen molar-refractivity contribution in [3.8, 4) is 0 Å². The fraction of sp³-hybridized carbons (Fsp3) is 0.130. The Morgan fingerprint density at radius 3 is 2.14 bits per heavy atom. The Balaban J connectivity index is 1.52. The molecule has 5 nitrogen and oxygen atoms in total. The SMILES string of the molecule is Nc1cc(F)cc(NC(=O)c2cc(NC(=O)[C@H]3[C@H](c4cc(Cl)c(Cl)c(Cl)c4)C3(Cl)Cl)ccc2Cl)c1. The van der Waals surface area contributed by atoms with E-state index in [0.717, 1.165) is 12.1 Å². The first-order valence-corrected chi connectivity index (χ1v) is 12.2. The van der Waals surface area contributed by atoms with Crippen LogP contribution in [0, 0.1) is 11.7 Å². The molecular formula is C23H14Cl6FN3O2. The quantitative estimate of drug-likeness (QED) is 0.160. The predicted octanol–water partition coefficient (Wildman–Crippen LogP) is 7.80. The van der Waals surface area contributed by atoms with Crippen LogP contribution in [0.2, 0.25) is 20.1 Å². The zero-order valence-electron chi connectivity index (χ0n) is 17.3. The smallest absolute Gasteiger partial charge is 0.257 e. The van der Waals surface area contributed by atoms with E-state index in [2.05, 4.69) is 10.6 Å². The van der Waals surface area contributed by atoms with Crippen LogP contribution in [-0.2, 0) is 4.79 Å². The van der Waals surface area contributed by atoms with Crippen LogP contribution in [-0.4, -0.2) is 16.1 Å². The minimum Gasteiger partial charge on any atom is -0.399 e. The first-order valence-electron chi connectivity index (χ1n) is 9.88. The molecule has 3 aromatic rings. The van der Waals surface area contributed by atoms with Gasteiger partial charge in [-0.15, -0.1) is 23.2 Å². The lowest BCUT2D eigenvalue weighted by Crippen LogP contribution is -2.18. The third kappa shape index (κ3) is 5.43. The van der Waals surface area contributed by atoms with Crippen molar-refractivity contribution >= 4 is 98.5 Å². The van der Waals surface area contributed by atoms with Crippen LogP contribution in [0.3, 0.4) is 0 Å². The minimum absolute atomic E-state index is 0.0407. The van der Waals surface area contributed by atoms with Crippen molar-refractivity contribution in [1.82, 2.24) is 0 Å². The lowest BCUT2D eigenvalue weighted by Gasteiger charge is -2.11. The second-order valence-electron chi connectivity index (χ2n) is 7.84. The number of nitrogens with two attached hydrogens (primary N) is 1. The van der Waals surface area contributed by atoms with Gasteiger partial charge in [0.1, 0.15) is 10.2 Å². The summed E-state index contributed by atoms with van der Waals surface area (Å²) in [6.07, 6.45) is 0. The molecule has 0 bridgehead atoms. The number of carbonyl (C=O) groups is 2. The molecule has 0 heterocycles. The summed E-state index contributed by atoms with van der Waals surface area (Å²) >= 11 is 37.2. The van der Waals surface area contributed by atoms with Gasteiger partial charge in [0, 0.05) is 23.0 Å². The maximum atomic E-state index is 13.6. The van der Waals surface area contributed by atoms with Crippen LogP contribution >= 0.6 is 69.6 Å². The second kappa shape index (κ2) is 9.85. The van der Waals surface area contributed by atoms with E-state index in [9.17, 15) is 14.0 Å². The van der Waals surface area contributed by atoms with Crippen molar-refractivity contribution in [1.29, 1.82) is 0 Å². The number of benzene rings is 3. The van der Waals surface area contributed by atoms with E-state index in [0.29, 0.717) is 5.56 Å². The molecule has 0 spiro atoms. The van der Waals surface area contributed by atoms with E-state index in [1.54, 1.807) is 12.1 Å². The van der Waals surface area contributed by atoms with Crippen LogP contribution in [0.4, 0.5) is 21.5 Å². The van der Waals surface area contributed by atoms with E-state index >= 15 is 0 Å². The maximum Gasteiger partial charge on any atom is 0.257 e. The van der Waals surface area contributed by atoms with Gasteiger partial charge in [-0.3, -0.25) is 9.59 Å². The van der Waals surface area contributed by atoms with E-state index in [1.807, 2.05) is 0 Å². The molecule has 182 valence electrons. The van der Waals surface area contributed by atoms with Crippen molar-refractivity contribution in [2.75, 3.05) is 16.4 Å². The molecule has 1 saturated carbocycles. The summed E-state index contributed by atoms with van der Waals surface area (Å²) in [7, 11) is 0. The van der Waals surface area contributed by atoms with Crippen molar-refractivity contribution in [2.45, 2.75) is 10.3 Å². The number of alkyl halides is 2. The number of hydrogen-bond donors (Lipinski definition) is 3. The molecule has 3 aromatic carbocycles. The van der Waals surface area contributed by atoms with Crippen molar-refractivity contribution in [3.63, 3.8) is 0 Å². The number of nitrogens with one attached hydrogen (secondary N) is 2. The Kier molecular flexibility index (Phi) is 7.36. The molecule has 2 atom stereocenters. The molecule has 1 aliphatic rings. The number of nitrogen functional groups attached to an aromatic ring is 1. The Hall–Kier alpha value is -1.93. The average Bonchev–Trinajstić information content (AvgIpc) is 3.34. The van der Waals surface area contributed by atoms with Crippen LogP contribution in [0.15, 0.2) is 48.5 Å². The lowest BCUT2D eigenvalue weighted by molar-refractivity contribution is -0.117. The predicted molar refractivity (Wildman–Crippen MR) is 141 cm³/mol. The molecule has 1 fully saturated rings. The molecule has 0 saturated heterocycles. The fourth-order valence-corrected chi connectivity index (χ4v) is 5.35. The summed E-state index contributed by atoms with van der Waals surface area (Å²) in [5.41, 5.74) is 6.76. The number of anilines is 3. The first kappa shape index (κ1) is 26.1. The summed E-state index contributed by atoms with van der Waals surface area (Å²) in [6, 6.07) is 11.0. The van der Waals surface area contributed by atoms with Gasteiger partial charge in [0.05, 0.1) is 31.6 Å². The largest absolute Gasteiger partial charge is 0.399 e. The van der Waals surface area contributed by atoms with Gasteiger partial charge in [0.2, 0.25) is 5.91 Å². The summed E-state index contributed by atoms with van der Waals surface area (Å²) in [5.74, 6) is -3.15. The number of amides is 2. The second-order valence-corrected chi connectivity index (χ2v) is 10.9. The number of hydrogen-bond acceptors (Lipinski definition) is 3. The van der Waals surface area contributed by atoms with Crippen LogP contribution in [0.25, 0.3) is 0 Å². The highest BCUT2D eigenvalue weighted by Crippen LogP contribution is 2.65. The van der Waals surface area contributed by atoms with Gasteiger partial charge in [-0.2, -0.15) is 0 Å². The minimum atomic E-state index is -1.41. The van der Waals surface area contributed by atoms with Gasteiger partial charge in [0.25, 0.3) is 5.91 Å². The number of halogens is 7. The maximum absolute atomic E-state index is 13.6. The molecule has 12 heteroatoms. The van der Waals surface area contributed by atoms with Crippen LogP contribution < -0.4 is 16.4 Å². The van der Waals surface area contributed by atoms with E-state index in [1.165, 1.54) is 24.3 Å². The Labute approximate surface area is 229 Å². The van der Waals surface area contributed by atoms with Gasteiger partial charge in [0.15, 0.2) is 0 Å². The highest BCUT2D eigenvalue weighted by Gasteiger charge is 2.67. The zero-order valence-corrected chi connectivity index (χ0v) is 21.8. The summed E-state index contributed by atoms with van der Waals surface area (Å²) in [4.78, 5) is 25.7. The number of rotatable bonds is 5. The molecule has 0 aromatic heterocycles. The lowest BCUT2D eigenvalue weighted by atomic mass is 10.1.